The van der Waals surface area contributed by atoms with E-state index in [9.17, 15) is 0 Å². The van der Waals surface area contributed by atoms with Crippen molar-refractivity contribution in [2.24, 2.45) is 5.92 Å². The number of pyridine rings is 3. The van der Waals surface area contributed by atoms with E-state index in [1.807, 2.05) is 24.5 Å². The number of anilines is 3. The molecule has 1 fully saturated rings. The van der Waals surface area contributed by atoms with E-state index in [1.165, 1.54) is 0 Å². The zero-order valence-electron chi connectivity index (χ0n) is 24.6. The van der Waals surface area contributed by atoms with Crippen LogP contribution < -0.4 is 15.1 Å². The minimum Gasteiger partial charge on any atom is -0.356 e. The van der Waals surface area contributed by atoms with Crippen LogP contribution in [0.5, 0.6) is 0 Å². The number of hydrogen-bond donors (Lipinski definition) is 1. The first-order chi connectivity index (χ1) is 18.6. The van der Waals surface area contributed by atoms with Crippen LogP contribution in [0.3, 0.4) is 0 Å². The van der Waals surface area contributed by atoms with Gasteiger partial charge in [-0.25, -0.2) is 4.98 Å². The molecule has 0 spiro atoms. The summed E-state index contributed by atoms with van der Waals surface area (Å²) in [7, 11) is 0. The van der Waals surface area contributed by atoms with Gasteiger partial charge < -0.3 is 15.1 Å². The van der Waals surface area contributed by atoms with Gasteiger partial charge in [-0.2, -0.15) is 0 Å². The van der Waals surface area contributed by atoms with Gasteiger partial charge in [0.2, 0.25) is 0 Å². The van der Waals surface area contributed by atoms with Crippen LogP contribution in [0.25, 0.3) is 16.8 Å². The Hall–Kier alpha value is -3.67. The van der Waals surface area contributed by atoms with Gasteiger partial charge in [-0.1, -0.05) is 47.3 Å². The van der Waals surface area contributed by atoms with Gasteiger partial charge in [0, 0.05) is 66.0 Å². The fraction of sp³-hybridized carbons (Fsp3) is 0.424. The molecule has 4 rings (SSSR count). The molecule has 3 aromatic rings. The normalized spacial score (nSPS) is 13.6. The van der Waals surface area contributed by atoms with Gasteiger partial charge in [0.25, 0.3) is 0 Å². The van der Waals surface area contributed by atoms with Crippen molar-refractivity contribution < 1.29 is 0 Å². The van der Waals surface area contributed by atoms with Crippen molar-refractivity contribution in [2.45, 2.75) is 59.8 Å². The molecule has 1 aliphatic rings. The van der Waals surface area contributed by atoms with Crippen LogP contribution in [0, 0.1) is 12.8 Å². The van der Waals surface area contributed by atoms with Crippen molar-refractivity contribution in [3.8, 4) is 11.1 Å². The smallest absolute Gasteiger partial charge is 0.131 e. The van der Waals surface area contributed by atoms with Crippen molar-refractivity contribution in [3.63, 3.8) is 0 Å². The Kier molecular flexibility index (Phi) is 8.73. The number of aryl methyl sites for hydroxylation is 1. The minimum atomic E-state index is -0.0305. The van der Waals surface area contributed by atoms with E-state index in [-0.39, 0.29) is 5.41 Å². The quantitative estimate of drug-likeness (QED) is 0.263. The third-order valence-corrected chi connectivity index (χ3v) is 7.18. The summed E-state index contributed by atoms with van der Waals surface area (Å²) in [5, 5.41) is 3.49. The standard InChI is InChI=1S/C33H44N6/c1-9-11-15-38(14-10-2)31-17-27(18-32(37-31)39-21-23(3)22-39)29-19-28(20-35-25(29)5)36-24(4)26-12-13-34-30(16-26)33(6,7)8/h9,12-13,16-20,23,36H,1,4,10-11,14-15,21-22H2,2-3,5-8H3. The maximum absolute atomic E-state index is 5.12. The molecular formula is C33H44N6. The first-order valence-corrected chi connectivity index (χ1v) is 14.1. The van der Waals surface area contributed by atoms with Crippen molar-refractivity contribution in [1.82, 2.24) is 15.0 Å². The number of rotatable bonds is 11. The summed E-state index contributed by atoms with van der Waals surface area (Å²) in [5.41, 5.74) is 6.97. The van der Waals surface area contributed by atoms with E-state index in [4.69, 9.17) is 9.97 Å². The molecule has 1 N–H and O–H groups in total. The lowest BCUT2D eigenvalue weighted by Gasteiger charge is -2.39. The van der Waals surface area contributed by atoms with Gasteiger partial charge in [-0.15, -0.1) is 6.58 Å². The fourth-order valence-corrected chi connectivity index (χ4v) is 4.89. The van der Waals surface area contributed by atoms with Gasteiger partial charge in [-0.05, 0) is 61.6 Å². The van der Waals surface area contributed by atoms with Gasteiger partial charge in [-0.3, -0.25) is 9.97 Å². The Morgan fingerprint density at radius 2 is 1.92 bits per heavy atom. The SMILES string of the molecule is C=CCCN(CCC)c1cc(-c2cc(NC(=C)c3ccnc(C(C)(C)C)c3)cnc2C)cc(N2CC(C)C2)n1. The third kappa shape index (κ3) is 6.86. The first kappa shape index (κ1) is 28.3. The van der Waals surface area contributed by atoms with Crippen molar-refractivity contribution in [2.75, 3.05) is 41.3 Å². The number of hydrogen-bond acceptors (Lipinski definition) is 6. The molecule has 0 radical (unpaired) electrons. The average molecular weight is 525 g/mol. The summed E-state index contributed by atoms with van der Waals surface area (Å²) in [4.78, 5) is 19.2. The molecule has 39 heavy (non-hydrogen) atoms. The van der Waals surface area contributed by atoms with E-state index in [0.29, 0.717) is 5.92 Å². The Morgan fingerprint density at radius 3 is 2.59 bits per heavy atom. The lowest BCUT2D eigenvalue weighted by atomic mass is 9.90. The van der Waals surface area contributed by atoms with Gasteiger partial charge in [0.05, 0.1) is 11.9 Å². The van der Waals surface area contributed by atoms with E-state index in [0.717, 1.165) is 90.1 Å². The molecule has 4 heterocycles. The summed E-state index contributed by atoms with van der Waals surface area (Å²) in [6.45, 7) is 25.3. The Bertz CT molecular complexity index is 1320. The number of aromatic nitrogens is 3. The largest absolute Gasteiger partial charge is 0.356 e. The molecule has 0 aliphatic carbocycles. The zero-order valence-corrected chi connectivity index (χ0v) is 24.6. The average Bonchev–Trinajstić information content (AvgIpc) is 2.89. The second kappa shape index (κ2) is 12.0. The number of nitrogens with one attached hydrogen (secondary N) is 1. The molecule has 0 amide bonds. The van der Waals surface area contributed by atoms with E-state index in [2.05, 4.69) is 99.1 Å². The molecule has 0 saturated carbocycles. The van der Waals surface area contributed by atoms with E-state index < -0.39 is 0 Å². The summed E-state index contributed by atoms with van der Waals surface area (Å²) < 4.78 is 0. The third-order valence-electron chi connectivity index (χ3n) is 7.18. The van der Waals surface area contributed by atoms with Crippen LogP contribution in [-0.4, -0.2) is 41.1 Å². The summed E-state index contributed by atoms with van der Waals surface area (Å²) >= 11 is 0. The molecule has 0 atom stereocenters. The molecule has 6 heteroatoms. The predicted octanol–water partition coefficient (Wildman–Crippen LogP) is 7.48. The molecule has 0 unspecified atom stereocenters. The first-order valence-electron chi connectivity index (χ1n) is 14.1. The van der Waals surface area contributed by atoms with Crippen LogP contribution in [0.1, 0.15) is 64.4 Å². The molecular weight excluding hydrogens is 480 g/mol. The molecule has 1 saturated heterocycles. The van der Waals surface area contributed by atoms with Crippen molar-refractivity contribution in [3.05, 3.63) is 78.9 Å². The van der Waals surface area contributed by atoms with Crippen LogP contribution >= 0.6 is 0 Å². The van der Waals surface area contributed by atoms with E-state index in [1.54, 1.807) is 0 Å². The summed E-state index contributed by atoms with van der Waals surface area (Å²) in [6.07, 6.45) is 7.70. The summed E-state index contributed by atoms with van der Waals surface area (Å²) in [6, 6.07) is 10.7. The maximum atomic E-state index is 5.12. The van der Waals surface area contributed by atoms with Crippen LogP contribution in [0.2, 0.25) is 0 Å². The van der Waals surface area contributed by atoms with Gasteiger partial charge in [0.15, 0.2) is 0 Å². The Balaban J connectivity index is 1.68. The van der Waals surface area contributed by atoms with Crippen LogP contribution in [0.15, 0.2) is 62.0 Å². The minimum absolute atomic E-state index is 0.0305. The highest BCUT2D eigenvalue weighted by Gasteiger charge is 2.25. The zero-order chi connectivity index (χ0) is 28.2. The van der Waals surface area contributed by atoms with Crippen LogP contribution in [0.4, 0.5) is 17.3 Å². The topological polar surface area (TPSA) is 57.2 Å². The molecule has 0 bridgehead atoms. The van der Waals surface area contributed by atoms with E-state index >= 15 is 0 Å². The van der Waals surface area contributed by atoms with Crippen LogP contribution in [-0.2, 0) is 5.41 Å². The Labute approximate surface area is 234 Å². The highest BCUT2D eigenvalue weighted by Crippen LogP contribution is 2.34. The van der Waals surface area contributed by atoms with Gasteiger partial charge in [0.1, 0.15) is 11.6 Å². The highest BCUT2D eigenvalue weighted by atomic mass is 15.3. The maximum Gasteiger partial charge on any atom is 0.131 e. The predicted molar refractivity (Wildman–Crippen MR) is 166 cm³/mol. The molecule has 3 aromatic heterocycles. The Morgan fingerprint density at radius 1 is 1.15 bits per heavy atom. The second-order valence-corrected chi connectivity index (χ2v) is 11.8. The summed E-state index contributed by atoms with van der Waals surface area (Å²) in [5.74, 6) is 2.74. The molecule has 206 valence electrons. The monoisotopic (exact) mass is 524 g/mol. The lowest BCUT2D eigenvalue weighted by Crippen LogP contribution is -2.45. The van der Waals surface area contributed by atoms with Gasteiger partial charge >= 0.3 is 0 Å². The van der Waals surface area contributed by atoms with Crippen molar-refractivity contribution >= 4 is 23.0 Å². The molecule has 6 nitrogen and oxygen atoms in total. The number of nitrogens with zero attached hydrogens (tertiary/aromatic N) is 5. The highest BCUT2D eigenvalue weighted by molar-refractivity contribution is 5.80. The molecule has 0 aromatic carbocycles. The lowest BCUT2D eigenvalue weighted by molar-refractivity contribution is 0.443. The second-order valence-electron chi connectivity index (χ2n) is 11.8. The molecule has 1 aliphatic heterocycles. The fourth-order valence-electron chi connectivity index (χ4n) is 4.89. The van der Waals surface area contributed by atoms with Crippen molar-refractivity contribution in [1.29, 1.82) is 0 Å².